The molecular weight excluding hydrogens is 348 g/mol. The smallest absolute Gasteiger partial charge is 0.412 e. The Morgan fingerprint density at radius 1 is 1.33 bits per heavy atom. The van der Waals surface area contributed by atoms with Crippen molar-refractivity contribution in [3.8, 4) is 11.8 Å². The van der Waals surface area contributed by atoms with Crippen LogP contribution in [0.2, 0.25) is 0 Å². The maximum atomic E-state index is 12.1. The number of nitrogens with one attached hydrogen (secondary N) is 1. The fourth-order valence-corrected chi connectivity index (χ4v) is 2.43. The normalized spacial score (nSPS) is 14.7. The number of ether oxygens (including phenoxy) is 3. The summed E-state index contributed by atoms with van der Waals surface area (Å²) in [4.78, 5) is 28.5. The van der Waals surface area contributed by atoms with E-state index in [1.165, 1.54) is 6.20 Å². The molecule has 1 amide bonds. The number of carbonyl (C=O) groups is 2. The Hall–Kier alpha value is -2.59. The lowest BCUT2D eigenvalue weighted by Crippen LogP contribution is -2.28. The van der Waals surface area contributed by atoms with Gasteiger partial charge in [-0.3, -0.25) is 5.32 Å². The minimum Gasteiger partial charge on any atom is -0.462 e. The predicted octanol–water partition coefficient (Wildman–Crippen LogP) is 3.38. The molecule has 0 saturated carbocycles. The van der Waals surface area contributed by atoms with Gasteiger partial charge in [-0.05, 0) is 52.5 Å². The van der Waals surface area contributed by atoms with Crippen molar-refractivity contribution in [1.29, 1.82) is 0 Å². The molecule has 1 aromatic heterocycles. The molecule has 0 unspecified atom stereocenters. The highest BCUT2D eigenvalue weighted by Crippen LogP contribution is 2.19. The molecule has 2 heterocycles. The fourth-order valence-electron chi connectivity index (χ4n) is 2.43. The van der Waals surface area contributed by atoms with E-state index in [9.17, 15) is 9.59 Å². The first-order chi connectivity index (χ1) is 12.8. The number of nitrogens with zero attached hydrogens (tertiary/aromatic N) is 1. The van der Waals surface area contributed by atoms with Crippen molar-refractivity contribution in [2.24, 2.45) is 5.92 Å². The number of hydrogen-bond acceptors (Lipinski definition) is 6. The van der Waals surface area contributed by atoms with Crippen LogP contribution in [0, 0.1) is 17.8 Å². The van der Waals surface area contributed by atoms with Crippen molar-refractivity contribution in [3.63, 3.8) is 0 Å². The summed E-state index contributed by atoms with van der Waals surface area (Å²) in [6.07, 6.45) is 2.47. The maximum absolute atomic E-state index is 12.1. The zero-order chi connectivity index (χ0) is 19.9. The van der Waals surface area contributed by atoms with E-state index >= 15 is 0 Å². The van der Waals surface area contributed by atoms with Gasteiger partial charge in [-0.15, -0.1) is 0 Å². The number of rotatable bonds is 3. The Morgan fingerprint density at radius 2 is 2.04 bits per heavy atom. The van der Waals surface area contributed by atoms with Crippen LogP contribution < -0.4 is 5.32 Å². The van der Waals surface area contributed by atoms with Gasteiger partial charge >= 0.3 is 12.1 Å². The molecule has 0 radical (unpaired) electrons. The Kier molecular flexibility index (Phi) is 7.19. The molecule has 2 rings (SSSR count). The SMILES string of the molecule is CCOC(=O)c1cnc(C#CC2CCOCC2)cc1NC(=O)OC(C)(C)C. The molecule has 0 bridgehead atoms. The van der Waals surface area contributed by atoms with Gasteiger partial charge < -0.3 is 14.2 Å². The number of amides is 1. The Morgan fingerprint density at radius 3 is 2.67 bits per heavy atom. The summed E-state index contributed by atoms with van der Waals surface area (Å²) in [6.45, 7) is 8.62. The summed E-state index contributed by atoms with van der Waals surface area (Å²) in [5.74, 6) is 5.88. The summed E-state index contributed by atoms with van der Waals surface area (Å²) < 4.78 is 15.6. The van der Waals surface area contributed by atoms with Gasteiger partial charge in [-0.1, -0.05) is 5.92 Å². The van der Waals surface area contributed by atoms with Gasteiger partial charge in [-0.25, -0.2) is 14.6 Å². The molecule has 0 aromatic carbocycles. The van der Waals surface area contributed by atoms with Crippen LogP contribution in [0.1, 0.15) is 56.6 Å². The van der Waals surface area contributed by atoms with Crippen LogP contribution in [-0.2, 0) is 14.2 Å². The van der Waals surface area contributed by atoms with Crippen LogP contribution in [0.5, 0.6) is 0 Å². The van der Waals surface area contributed by atoms with E-state index in [4.69, 9.17) is 14.2 Å². The van der Waals surface area contributed by atoms with Crippen molar-refractivity contribution in [1.82, 2.24) is 4.98 Å². The first-order valence-electron chi connectivity index (χ1n) is 9.05. The summed E-state index contributed by atoms with van der Waals surface area (Å²) in [6, 6.07) is 1.56. The van der Waals surface area contributed by atoms with E-state index in [1.54, 1.807) is 33.8 Å². The van der Waals surface area contributed by atoms with Gasteiger partial charge in [0.15, 0.2) is 0 Å². The van der Waals surface area contributed by atoms with Crippen molar-refractivity contribution in [3.05, 3.63) is 23.5 Å². The molecule has 1 saturated heterocycles. The van der Waals surface area contributed by atoms with E-state index in [0.29, 0.717) is 18.9 Å². The van der Waals surface area contributed by atoms with Gasteiger partial charge in [0.1, 0.15) is 16.9 Å². The van der Waals surface area contributed by atoms with E-state index in [1.807, 2.05) is 0 Å². The number of esters is 1. The molecule has 1 fully saturated rings. The third kappa shape index (κ3) is 6.91. The largest absolute Gasteiger partial charge is 0.462 e. The molecule has 27 heavy (non-hydrogen) atoms. The summed E-state index contributed by atoms with van der Waals surface area (Å²) in [5.41, 5.74) is 0.210. The highest BCUT2D eigenvalue weighted by Gasteiger charge is 2.20. The molecule has 1 aromatic rings. The number of anilines is 1. The molecular formula is C20H26N2O5. The zero-order valence-corrected chi connectivity index (χ0v) is 16.3. The highest BCUT2D eigenvalue weighted by atomic mass is 16.6. The first-order valence-corrected chi connectivity index (χ1v) is 9.05. The van der Waals surface area contributed by atoms with Crippen molar-refractivity contribution in [2.75, 3.05) is 25.1 Å². The summed E-state index contributed by atoms with van der Waals surface area (Å²) >= 11 is 0. The molecule has 1 aliphatic heterocycles. The fraction of sp³-hybridized carbons (Fsp3) is 0.550. The van der Waals surface area contributed by atoms with Crippen LogP contribution in [0.4, 0.5) is 10.5 Å². The van der Waals surface area contributed by atoms with Crippen LogP contribution in [0.15, 0.2) is 12.3 Å². The number of pyridine rings is 1. The van der Waals surface area contributed by atoms with Crippen molar-refractivity contribution in [2.45, 2.75) is 46.1 Å². The van der Waals surface area contributed by atoms with Crippen molar-refractivity contribution >= 4 is 17.7 Å². The van der Waals surface area contributed by atoms with Gasteiger partial charge in [0.05, 0.1) is 12.3 Å². The van der Waals surface area contributed by atoms with E-state index in [2.05, 4.69) is 22.1 Å². The van der Waals surface area contributed by atoms with Crippen LogP contribution in [0.3, 0.4) is 0 Å². The second-order valence-electron chi connectivity index (χ2n) is 7.12. The Labute approximate surface area is 159 Å². The second kappa shape index (κ2) is 9.38. The average molecular weight is 374 g/mol. The monoisotopic (exact) mass is 374 g/mol. The lowest BCUT2D eigenvalue weighted by Gasteiger charge is -2.20. The third-order valence-corrected chi connectivity index (χ3v) is 3.66. The minimum absolute atomic E-state index is 0.152. The molecule has 7 heteroatoms. The quantitative estimate of drug-likeness (QED) is 0.645. The molecule has 0 atom stereocenters. The van der Waals surface area contributed by atoms with Crippen LogP contribution in [0.25, 0.3) is 0 Å². The predicted molar refractivity (Wildman–Crippen MR) is 100 cm³/mol. The Bertz CT molecular complexity index is 737. The van der Waals surface area contributed by atoms with Gasteiger partial charge in [0.25, 0.3) is 0 Å². The van der Waals surface area contributed by atoms with Crippen molar-refractivity contribution < 1.29 is 23.8 Å². The minimum atomic E-state index is -0.664. The molecule has 7 nitrogen and oxygen atoms in total. The summed E-state index contributed by atoms with van der Waals surface area (Å²) in [5, 5.41) is 2.59. The average Bonchev–Trinajstić information content (AvgIpc) is 2.59. The first kappa shape index (κ1) is 20.7. The topological polar surface area (TPSA) is 86.8 Å². The molecule has 0 spiro atoms. The Balaban J connectivity index is 2.24. The lowest BCUT2D eigenvalue weighted by molar-refractivity contribution is 0.0527. The van der Waals surface area contributed by atoms with E-state index in [0.717, 1.165) is 12.8 Å². The highest BCUT2D eigenvalue weighted by molar-refractivity contribution is 5.99. The molecule has 1 N–H and O–H groups in total. The third-order valence-electron chi connectivity index (χ3n) is 3.66. The summed E-state index contributed by atoms with van der Waals surface area (Å²) in [7, 11) is 0. The van der Waals surface area contributed by atoms with Crippen LogP contribution in [-0.4, -0.2) is 42.5 Å². The number of hydrogen-bond donors (Lipinski definition) is 1. The maximum Gasteiger partial charge on any atom is 0.412 e. The van der Waals surface area contributed by atoms with Gasteiger partial charge in [0.2, 0.25) is 0 Å². The molecule has 146 valence electrons. The lowest BCUT2D eigenvalue weighted by atomic mass is 10.0. The van der Waals surface area contributed by atoms with E-state index in [-0.39, 0.29) is 23.8 Å². The standard InChI is InChI=1S/C20H26N2O5/c1-5-26-18(23)16-13-21-15(7-6-14-8-10-25-11-9-14)12-17(16)22-19(24)27-20(2,3)4/h12-14H,5,8-11H2,1-4H3,(H,21,22,24). The number of carbonyl (C=O) groups excluding carboxylic acids is 2. The van der Waals surface area contributed by atoms with Gasteiger partial charge in [-0.2, -0.15) is 0 Å². The zero-order valence-electron chi connectivity index (χ0n) is 16.3. The van der Waals surface area contributed by atoms with E-state index < -0.39 is 17.7 Å². The number of aromatic nitrogens is 1. The van der Waals surface area contributed by atoms with Gasteiger partial charge in [0, 0.05) is 25.3 Å². The molecule has 0 aliphatic carbocycles. The second-order valence-corrected chi connectivity index (χ2v) is 7.12. The molecule has 1 aliphatic rings. The van der Waals surface area contributed by atoms with Crippen LogP contribution >= 0.6 is 0 Å².